The lowest BCUT2D eigenvalue weighted by Crippen LogP contribution is -2.22. The third-order valence-corrected chi connectivity index (χ3v) is 2.39. The van der Waals surface area contributed by atoms with Crippen molar-refractivity contribution >= 4 is 11.9 Å². The third-order valence-electron chi connectivity index (χ3n) is 2.39. The molecule has 0 aliphatic carbocycles. The standard InChI is InChI=1S/C11H13N5O2/c1-15(2)9-5-3-8(4-6-9)7-12-16-10(17)13-14-11(16)18/h3-7H,1-2H3,(H,13,17)(H,14,18)/b12-7+. The number of H-pyrrole nitrogens is 2. The van der Waals surface area contributed by atoms with Crippen LogP contribution in [-0.4, -0.2) is 35.2 Å². The molecule has 7 nitrogen and oxygen atoms in total. The van der Waals surface area contributed by atoms with Gasteiger partial charge in [-0.15, -0.1) is 4.68 Å². The summed E-state index contributed by atoms with van der Waals surface area (Å²) in [7, 11) is 3.89. The van der Waals surface area contributed by atoms with E-state index in [1.165, 1.54) is 6.21 Å². The first-order valence-corrected chi connectivity index (χ1v) is 5.29. The van der Waals surface area contributed by atoms with Crippen LogP contribution in [0.4, 0.5) is 5.69 Å². The van der Waals surface area contributed by atoms with Crippen molar-refractivity contribution in [3.63, 3.8) is 0 Å². The van der Waals surface area contributed by atoms with Crippen LogP contribution in [0.25, 0.3) is 0 Å². The summed E-state index contributed by atoms with van der Waals surface area (Å²) in [5, 5.41) is 8.09. The van der Waals surface area contributed by atoms with Crippen molar-refractivity contribution in [1.82, 2.24) is 14.9 Å². The number of hydrogen-bond acceptors (Lipinski definition) is 4. The van der Waals surface area contributed by atoms with Crippen molar-refractivity contribution < 1.29 is 0 Å². The van der Waals surface area contributed by atoms with E-state index in [1.807, 2.05) is 43.3 Å². The zero-order valence-electron chi connectivity index (χ0n) is 10.0. The van der Waals surface area contributed by atoms with Gasteiger partial charge in [-0.1, -0.05) is 12.1 Å². The van der Waals surface area contributed by atoms with Crippen LogP contribution in [0, 0.1) is 0 Å². The van der Waals surface area contributed by atoms with E-state index in [9.17, 15) is 9.59 Å². The Bertz CT molecular complexity index is 632. The fraction of sp³-hybridized carbons (Fsp3) is 0.182. The van der Waals surface area contributed by atoms with Gasteiger partial charge in [-0.3, -0.25) is 0 Å². The molecule has 0 unspecified atom stereocenters. The second-order valence-corrected chi connectivity index (χ2v) is 3.90. The molecule has 0 fully saturated rings. The lowest BCUT2D eigenvalue weighted by atomic mass is 10.2. The van der Waals surface area contributed by atoms with Crippen LogP contribution in [0.15, 0.2) is 39.0 Å². The lowest BCUT2D eigenvalue weighted by molar-refractivity contribution is 0.801. The maximum Gasteiger partial charge on any atom is 0.365 e. The first kappa shape index (κ1) is 11.9. The van der Waals surface area contributed by atoms with E-state index in [2.05, 4.69) is 15.3 Å². The average Bonchev–Trinajstić information content (AvgIpc) is 2.67. The number of benzene rings is 1. The highest BCUT2D eigenvalue weighted by atomic mass is 16.2. The minimum Gasteiger partial charge on any atom is -0.378 e. The molecule has 0 saturated heterocycles. The summed E-state index contributed by atoms with van der Waals surface area (Å²) >= 11 is 0. The predicted octanol–water partition coefficient (Wildman–Crippen LogP) is -0.187. The molecule has 0 radical (unpaired) electrons. The molecular formula is C11H13N5O2. The van der Waals surface area contributed by atoms with E-state index < -0.39 is 11.4 Å². The molecule has 0 aliphatic rings. The van der Waals surface area contributed by atoms with Gasteiger partial charge in [0.25, 0.3) is 0 Å². The Morgan fingerprint density at radius 3 is 2.17 bits per heavy atom. The molecule has 0 aliphatic heterocycles. The molecule has 0 saturated carbocycles. The van der Waals surface area contributed by atoms with E-state index in [-0.39, 0.29) is 0 Å². The second-order valence-electron chi connectivity index (χ2n) is 3.90. The number of rotatable bonds is 3. The van der Waals surface area contributed by atoms with Crippen molar-refractivity contribution in [1.29, 1.82) is 0 Å². The maximum atomic E-state index is 11.2. The Hall–Kier alpha value is -2.57. The summed E-state index contributed by atoms with van der Waals surface area (Å²) in [6, 6.07) is 7.55. The summed E-state index contributed by atoms with van der Waals surface area (Å²) in [4.78, 5) is 24.3. The zero-order valence-corrected chi connectivity index (χ0v) is 10.0. The number of aromatic nitrogens is 3. The van der Waals surface area contributed by atoms with Crippen molar-refractivity contribution in [2.75, 3.05) is 19.0 Å². The van der Waals surface area contributed by atoms with E-state index in [4.69, 9.17) is 0 Å². The van der Waals surface area contributed by atoms with Crippen molar-refractivity contribution in [2.45, 2.75) is 0 Å². The molecule has 0 amide bonds. The summed E-state index contributed by atoms with van der Waals surface area (Å²) in [5.41, 5.74) is 0.666. The van der Waals surface area contributed by atoms with E-state index >= 15 is 0 Å². The van der Waals surface area contributed by atoms with Gasteiger partial charge in [0.15, 0.2) is 0 Å². The molecule has 0 spiro atoms. The Morgan fingerprint density at radius 2 is 1.67 bits per heavy atom. The molecular weight excluding hydrogens is 234 g/mol. The first-order chi connectivity index (χ1) is 8.58. The van der Waals surface area contributed by atoms with Crippen LogP contribution in [-0.2, 0) is 0 Å². The van der Waals surface area contributed by atoms with Crippen LogP contribution >= 0.6 is 0 Å². The molecule has 0 bridgehead atoms. The van der Waals surface area contributed by atoms with Crippen LogP contribution in [0.1, 0.15) is 5.56 Å². The average molecular weight is 247 g/mol. The molecule has 2 aromatic rings. The molecule has 1 aromatic heterocycles. The van der Waals surface area contributed by atoms with E-state index in [1.54, 1.807) is 0 Å². The number of nitrogens with one attached hydrogen (secondary N) is 2. The number of hydrogen-bond donors (Lipinski definition) is 2. The molecule has 7 heteroatoms. The number of nitrogens with zero attached hydrogens (tertiary/aromatic N) is 3. The number of aromatic amines is 2. The van der Waals surface area contributed by atoms with E-state index in [0.29, 0.717) is 0 Å². The van der Waals surface area contributed by atoms with Gasteiger partial charge in [0.05, 0.1) is 6.21 Å². The van der Waals surface area contributed by atoms with Gasteiger partial charge in [-0.2, -0.15) is 5.10 Å². The highest BCUT2D eigenvalue weighted by Gasteiger charge is 1.99. The fourth-order valence-electron chi connectivity index (χ4n) is 1.39. The van der Waals surface area contributed by atoms with Gasteiger partial charge in [-0.25, -0.2) is 19.8 Å². The zero-order chi connectivity index (χ0) is 13.1. The molecule has 0 atom stereocenters. The van der Waals surface area contributed by atoms with Crippen molar-refractivity contribution in [3.8, 4) is 0 Å². The molecule has 1 heterocycles. The van der Waals surface area contributed by atoms with Crippen LogP contribution in [0.3, 0.4) is 0 Å². The molecule has 2 N–H and O–H groups in total. The Balaban J connectivity index is 2.24. The molecule has 2 rings (SSSR count). The Labute approximate surface area is 102 Å². The highest BCUT2D eigenvalue weighted by molar-refractivity contribution is 5.80. The van der Waals surface area contributed by atoms with Crippen molar-refractivity contribution in [3.05, 3.63) is 50.8 Å². The smallest absolute Gasteiger partial charge is 0.365 e. The lowest BCUT2D eigenvalue weighted by Gasteiger charge is -2.11. The van der Waals surface area contributed by atoms with Crippen LogP contribution < -0.4 is 16.3 Å². The summed E-state index contributed by atoms with van der Waals surface area (Å²) in [6.07, 6.45) is 1.45. The molecule has 1 aromatic carbocycles. The maximum absolute atomic E-state index is 11.2. The van der Waals surface area contributed by atoms with E-state index in [0.717, 1.165) is 15.9 Å². The van der Waals surface area contributed by atoms with Gasteiger partial charge >= 0.3 is 11.4 Å². The van der Waals surface area contributed by atoms with Crippen LogP contribution in [0.2, 0.25) is 0 Å². The topological polar surface area (TPSA) is 86.2 Å². The summed E-state index contributed by atoms with van der Waals surface area (Å²) in [6.45, 7) is 0. The van der Waals surface area contributed by atoms with Gasteiger partial charge in [0.1, 0.15) is 0 Å². The molecule has 94 valence electrons. The summed E-state index contributed by atoms with van der Waals surface area (Å²) < 4.78 is 0.722. The second kappa shape index (κ2) is 4.74. The van der Waals surface area contributed by atoms with Gasteiger partial charge < -0.3 is 4.90 Å². The van der Waals surface area contributed by atoms with Gasteiger partial charge in [-0.05, 0) is 17.7 Å². The monoisotopic (exact) mass is 247 g/mol. The minimum absolute atomic E-state index is 0.596. The SMILES string of the molecule is CN(C)c1ccc(/C=N/n2c(=O)[nH][nH]c2=O)cc1. The largest absolute Gasteiger partial charge is 0.378 e. The predicted molar refractivity (Wildman–Crippen MR) is 69.4 cm³/mol. The van der Waals surface area contributed by atoms with Crippen LogP contribution in [0.5, 0.6) is 0 Å². The fourth-order valence-corrected chi connectivity index (χ4v) is 1.39. The summed E-state index contributed by atoms with van der Waals surface area (Å²) in [5.74, 6) is 0. The quantitative estimate of drug-likeness (QED) is 0.737. The van der Waals surface area contributed by atoms with Gasteiger partial charge in [0, 0.05) is 19.8 Å². The highest BCUT2D eigenvalue weighted by Crippen LogP contribution is 2.10. The van der Waals surface area contributed by atoms with Gasteiger partial charge in [0.2, 0.25) is 0 Å². The third kappa shape index (κ3) is 2.40. The van der Waals surface area contributed by atoms with Crippen molar-refractivity contribution in [2.24, 2.45) is 5.10 Å². The normalized spacial score (nSPS) is 11.0. The number of anilines is 1. The first-order valence-electron chi connectivity index (χ1n) is 5.29. The molecule has 18 heavy (non-hydrogen) atoms. The Kier molecular flexibility index (Phi) is 3.13. The Morgan fingerprint density at radius 1 is 1.11 bits per heavy atom. The minimum atomic E-state index is -0.596.